The van der Waals surface area contributed by atoms with E-state index in [2.05, 4.69) is 409 Å². The van der Waals surface area contributed by atoms with E-state index < -0.39 is 0 Å². The zero-order chi connectivity index (χ0) is 94.7. The Hall–Kier alpha value is -10.1. The number of hydrogen-bond donors (Lipinski definition) is 0. The summed E-state index contributed by atoms with van der Waals surface area (Å²) in [5.74, 6) is 0.658. The first kappa shape index (κ1) is 100. The number of rotatable bonds is 15. The minimum Gasteiger partial charge on any atom is -0.305 e. The molecule has 7 aliphatic rings. The average Bonchev–Trinajstić information content (AvgIpc) is 1.52. The Kier molecular flexibility index (Phi) is 28.2. The zero-order valence-electron chi connectivity index (χ0n) is 85.0. The molecular weight excluding hydrogens is 2220 g/mol. The third-order valence-corrected chi connectivity index (χ3v) is 33.7. The Morgan fingerprint density at radius 3 is 1.05 bits per heavy atom. The van der Waals surface area contributed by atoms with Crippen molar-refractivity contribution in [3.05, 3.63) is 364 Å². The van der Waals surface area contributed by atoms with Crippen molar-refractivity contribution in [3.8, 4) is 134 Å². The van der Waals surface area contributed by atoms with E-state index in [0.29, 0.717) is 16.7 Å². The molecule has 0 N–H and O–H groups in total. The second kappa shape index (κ2) is 39.0. The molecule has 0 aliphatic heterocycles. The van der Waals surface area contributed by atoms with Gasteiger partial charge in [-0.25, -0.2) is 9.97 Å². The Bertz CT molecular complexity index is 6820. The van der Waals surface area contributed by atoms with Crippen molar-refractivity contribution in [1.82, 2.24) is 24.9 Å². The molecule has 3 radical (unpaired) electrons. The molecule has 22 rings (SSSR count). The minimum atomic E-state index is -0.0820. The number of unbranched alkanes of at least 4 members (excludes halogenated alkanes) is 2. The van der Waals surface area contributed by atoms with E-state index in [0.717, 1.165) is 86.7 Å². The fourth-order valence-corrected chi connectivity index (χ4v) is 25.4. The summed E-state index contributed by atoms with van der Waals surface area (Å²) >= 11 is 0. The predicted molar refractivity (Wildman–Crippen MR) is 570 cm³/mol. The second-order valence-electron chi connectivity index (χ2n) is 46.1. The molecule has 715 valence electrons. The van der Waals surface area contributed by atoms with Gasteiger partial charge in [0.05, 0.1) is 11.4 Å². The van der Waals surface area contributed by atoms with Crippen LogP contribution < -0.4 is 0 Å². The molecule has 0 unspecified atom stereocenters. The Morgan fingerprint density at radius 2 is 0.633 bits per heavy atom. The average molecular weight is 2360 g/mol. The van der Waals surface area contributed by atoms with Crippen LogP contribution in [0, 0.1) is 18.2 Å². The molecule has 7 aliphatic carbocycles. The Balaban J connectivity index is 0.000000148. The summed E-state index contributed by atoms with van der Waals surface area (Å²) in [6, 6.07) is 108. The fraction of sp³-hybridized carbons (Fsp3) is 0.351. The van der Waals surface area contributed by atoms with Gasteiger partial charge in [0.15, 0.2) is 5.82 Å². The van der Waals surface area contributed by atoms with E-state index in [1.807, 2.05) is 18.5 Å². The van der Waals surface area contributed by atoms with Crippen molar-refractivity contribution in [2.75, 3.05) is 0 Å². The van der Waals surface area contributed by atoms with Crippen LogP contribution in [0.5, 0.6) is 0 Å². The van der Waals surface area contributed by atoms with Gasteiger partial charge in [-0.05, 0) is 245 Å². The van der Waals surface area contributed by atoms with Gasteiger partial charge in [-0.2, -0.15) is 0 Å². The topological polar surface area (TPSA) is 64.5 Å². The quantitative estimate of drug-likeness (QED) is 0.0957. The van der Waals surface area contributed by atoms with E-state index in [1.54, 1.807) is 22.3 Å². The van der Waals surface area contributed by atoms with Crippen molar-refractivity contribution in [1.29, 1.82) is 0 Å². The first-order chi connectivity index (χ1) is 65.2. The molecule has 11 aromatic carbocycles. The maximum Gasteiger partial charge on any atom is 0.161 e. The molecule has 5 nitrogen and oxygen atoms in total. The van der Waals surface area contributed by atoms with Gasteiger partial charge in [-0.1, -0.05) is 397 Å². The molecule has 8 heteroatoms. The van der Waals surface area contributed by atoms with E-state index in [9.17, 15) is 0 Å². The summed E-state index contributed by atoms with van der Waals surface area (Å²) in [7, 11) is 0. The van der Waals surface area contributed by atoms with Gasteiger partial charge in [0, 0.05) is 106 Å². The predicted octanol–water partition coefficient (Wildman–Crippen LogP) is 34.6. The normalized spacial score (nSPS) is 19.0. The largest absolute Gasteiger partial charge is 0.305 e. The molecule has 4 saturated carbocycles. The molecule has 0 spiro atoms. The fourth-order valence-electron chi connectivity index (χ4n) is 25.4. The zero-order valence-corrected chi connectivity index (χ0v) is 92.2. The number of aromatic nitrogens is 5. The molecule has 4 fully saturated rings. The second-order valence-corrected chi connectivity index (χ2v) is 46.1. The first-order valence-electron chi connectivity index (χ1n) is 51.1. The number of pyridine rings is 3. The maximum atomic E-state index is 5.21. The minimum absolute atomic E-state index is 0. The number of nitrogens with zero attached hydrogens (tertiary/aromatic N) is 5. The summed E-state index contributed by atoms with van der Waals surface area (Å²) in [6.45, 7) is 41.2. The Labute approximate surface area is 871 Å². The molecule has 4 heterocycles. The number of hydrogen-bond acceptors (Lipinski definition) is 5. The Morgan fingerprint density at radius 1 is 0.281 bits per heavy atom. The monoisotopic (exact) mass is 2360 g/mol. The molecule has 4 aromatic heterocycles. The van der Waals surface area contributed by atoms with Gasteiger partial charge in [-0.15, -0.1) is 88.0 Å². The van der Waals surface area contributed by atoms with Crippen LogP contribution in [0.1, 0.15) is 294 Å². The van der Waals surface area contributed by atoms with Crippen LogP contribution in [0.15, 0.2) is 279 Å². The van der Waals surface area contributed by atoms with Crippen LogP contribution in [0.25, 0.3) is 134 Å². The molecule has 0 amide bonds. The van der Waals surface area contributed by atoms with Crippen LogP contribution in [0.4, 0.5) is 0 Å². The van der Waals surface area contributed by atoms with Gasteiger partial charge in [0.25, 0.3) is 0 Å². The number of aryl methyl sites for hydroxylation is 1. The molecule has 0 bridgehead atoms. The van der Waals surface area contributed by atoms with Crippen LogP contribution in [-0.2, 0) is 127 Å². The van der Waals surface area contributed by atoms with Crippen molar-refractivity contribution in [2.24, 2.45) is 0 Å². The van der Waals surface area contributed by atoms with Gasteiger partial charge < -0.3 is 15.0 Å². The van der Waals surface area contributed by atoms with Crippen molar-refractivity contribution in [2.45, 2.75) is 294 Å². The van der Waals surface area contributed by atoms with Gasteiger partial charge >= 0.3 is 0 Å². The molecule has 139 heavy (non-hydrogen) atoms. The third-order valence-electron chi connectivity index (χ3n) is 33.7. The van der Waals surface area contributed by atoms with Gasteiger partial charge in [0.2, 0.25) is 0 Å². The van der Waals surface area contributed by atoms with Crippen molar-refractivity contribution < 1.29 is 60.3 Å². The van der Waals surface area contributed by atoms with Crippen LogP contribution in [0.2, 0.25) is 0 Å². The number of fused-ring (bicyclic) bond motifs is 9. The SMILES string of the molecule is CC(C)(C)c1ccc(-c2cc(-c3ccc(C(C)(C)C)cc3)nc(-c3ccc(-c4[c-]cc5c(c4)C(C)(C)C(C)(C)c4ccccc4-5)nc3)n2)cc1.CCCCc1c(-c2ccc(C(C)(C)C)cc2)cc(-c2ccc(-c3[c-]cc4c(c3)C35CCCC3(CCC5)c3ccccc3-4)nc2)cc1-c1ccc(C(C)(C)C)cc1.CCCCc1ccc2c(c1)C13CCCC1(CCC3)c1cc(-c3ccccn3)[c-]cc1-2.[Ir].[Ir].[Ir]. The van der Waals surface area contributed by atoms with E-state index >= 15 is 0 Å². The summed E-state index contributed by atoms with van der Waals surface area (Å²) in [6.07, 6.45) is 29.0. The standard InChI is InChI=1S/C55H58N.C47H48N3.C29H30N.3Ir/c1-8-9-14-44-47(37-17-23-42(24-18-37)52(2,3)4)33-41(34-48(44)38-19-25-43(26-20-38)53(5,6)7)40-22-28-51(56-36-40)39-21-27-46-45-15-10-11-16-49(45)54-29-12-31-55(54,32-13-30-54)50(46)35-39;1-44(2,3)34-21-15-30(16-22-34)41-28-42(31-17-23-35(24-18-31)45(4,5)6)50-43(49-41)33-20-26-40(48-29-33)32-19-25-37-36-13-11-12-14-38(36)46(7,8)47(9,10)39(37)27-32;1-2-3-8-21-10-12-23-24-13-11-22(27-9-4-5-18-30-27)20-26(24)29-16-6-14-28(29,15-7-17-29)25(23)19-21;;;/h10-11,15-20,22-28,33-36H,8-9,12-14,29-32H2,1-7H3;11-18,20-29H,1-10H3;4-5,9-10,12-13,18-20H,2-3,6-8,14-17H2,1H3;;;/q3*-1;;;. The van der Waals surface area contributed by atoms with E-state index in [4.69, 9.17) is 19.9 Å². The maximum absolute atomic E-state index is 5.21. The van der Waals surface area contributed by atoms with Gasteiger partial charge in [0.1, 0.15) is 0 Å². The smallest absolute Gasteiger partial charge is 0.161 e. The summed E-state index contributed by atoms with van der Waals surface area (Å²) < 4.78 is 0. The first-order valence-corrected chi connectivity index (χ1v) is 51.1. The molecule has 0 saturated heterocycles. The van der Waals surface area contributed by atoms with Crippen LogP contribution in [-0.4, -0.2) is 24.9 Å². The number of benzene rings is 11. The summed E-state index contributed by atoms with van der Waals surface area (Å²) in [5.41, 5.74) is 45.7. The third kappa shape index (κ3) is 18.1. The summed E-state index contributed by atoms with van der Waals surface area (Å²) in [5, 5.41) is 0. The molecule has 0 atom stereocenters. The van der Waals surface area contributed by atoms with E-state index in [1.165, 1.54) is 202 Å². The van der Waals surface area contributed by atoms with Crippen molar-refractivity contribution in [3.63, 3.8) is 0 Å². The van der Waals surface area contributed by atoms with Crippen molar-refractivity contribution >= 4 is 0 Å². The molecule has 15 aromatic rings. The van der Waals surface area contributed by atoms with Crippen LogP contribution >= 0.6 is 0 Å². The van der Waals surface area contributed by atoms with E-state index in [-0.39, 0.29) is 104 Å². The van der Waals surface area contributed by atoms with Gasteiger partial charge in [-0.3, -0.25) is 0 Å². The summed E-state index contributed by atoms with van der Waals surface area (Å²) in [4.78, 5) is 25.0. The molecular formula is C131H136Ir3N5-3. The van der Waals surface area contributed by atoms with Crippen LogP contribution in [0.3, 0.4) is 0 Å².